The molecule has 0 spiro atoms. The molecule has 110 valence electrons. The molecule has 0 saturated heterocycles. The van der Waals surface area contributed by atoms with E-state index >= 15 is 0 Å². The smallest absolute Gasteiger partial charge is 0.0971 e. The molecule has 2 aliphatic rings. The summed E-state index contributed by atoms with van der Waals surface area (Å²) in [6.07, 6.45) is 16.1. The first-order valence-electron chi connectivity index (χ1n) is 8.35. The van der Waals surface area contributed by atoms with Crippen molar-refractivity contribution < 1.29 is 4.57 Å². The fourth-order valence-electron chi connectivity index (χ4n) is 3.96. The number of hydrogen-bond donors (Lipinski definition) is 0. The molecule has 0 bridgehead atoms. The highest BCUT2D eigenvalue weighted by Crippen LogP contribution is 2.62. The van der Waals surface area contributed by atoms with Gasteiger partial charge in [0.25, 0.3) is 0 Å². The molecule has 0 amide bonds. The van der Waals surface area contributed by atoms with Crippen molar-refractivity contribution in [2.75, 3.05) is 6.16 Å². The Hall–Kier alpha value is -0.0300. The molecule has 0 N–H and O–H groups in total. The van der Waals surface area contributed by atoms with E-state index in [1.165, 1.54) is 69.8 Å². The standard InChI is InChI=1S/C17H31OP/c1-15(2)13-14-19(18,16-9-5-3-6-10-16)17-11-7-4-8-12-17/h13,16-17H,3-12,14H2,1-2H3. The number of hydrogen-bond acceptors (Lipinski definition) is 1. The molecule has 2 saturated carbocycles. The van der Waals surface area contributed by atoms with Crippen molar-refractivity contribution in [3.63, 3.8) is 0 Å². The van der Waals surface area contributed by atoms with Crippen LogP contribution in [0.25, 0.3) is 0 Å². The van der Waals surface area contributed by atoms with Gasteiger partial charge in [-0.2, -0.15) is 0 Å². The summed E-state index contributed by atoms with van der Waals surface area (Å²) in [4.78, 5) is 0. The van der Waals surface area contributed by atoms with E-state index in [4.69, 9.17) is 0 Å². The third-order valence-corrected chi connectivity index (χ3v) is 9.43. The summed E-state index contributed by atoms with van der Waals surface area (Å²) >= 11 is 0. The zero-order chi connectivity index (χ0) is 13.7. The van der Waals surface area contributed by atoms with Crippen LogP contribution in [0.4, 0.5) is 0 Å². The molecule has 0 unspecified atom stereocenters. The Labute approximate surface area is 119 Å². The van der Waals surface area contributed by atoms with Gasteiger partial charge >= 0.3 is 0 Å². The van der Waals surface area contributed by atoms with Gasteiger partial charge in [0.05, 0.1) is 7.14 Å². The van der Waals surface area contributed by atoms with Gasteiger partial charge in [0.15, 0.2) is 0 Å². The largest absolute Gasteiger partial charge is 0.323 e. The fraction of sp³-hybridized carbons (Fsp3) is 0.882. The summed E-state index contributed by atoms with van der Waals surface area (Å²) in [7, 11) is -2.00. The maximum atomic E-state index is 13.8. The molecular formula is C17H31OP. The molecule has 0 radical (unpaired) electrons. The Bertz CT molecular complexity index is 320. The summed E-state index contributed by atoms with van der Waals surface area (Å²) in [6.45, 7) is 4.29. The maximum absolute atomic E-state index is 13.8. The fourth-order valence-corrected chi connectivity index (χ4v) is 8.28. The molecule has 0 aromatic rings. The highest BCUT2D eigenvalue weighted by atomic mass is 31.2. The van der Waals surface area contributed by atoms with Crippen LogP contribution in [0.5, 0.6) is 0 Å². The van der Waals surface area contributed by atoms with Gasteiger partial charge in [-0.05, 0) is 39.5 Å². The molecule has 0 atom stereocenters. The maximum Gasteiger partial charge on any atom is 0.0971 e. The van der Waals surface area contributed by atoms with Crippen molar-refractivity contribution in [2.45, 2.75) is 89.4 Å². The summed E-state index contributed by atoms with van der Waals surface area (Å²) in [5.41, 5.74) is 2.45. The first-order valence-corrected chi connectivity index (χ1v) is 10.4. The lowest BCUT2D eigenvalue weighted by molar-refractivity contribution is 0.448. The van der Waals surface area contributed by atoms with Crippen LogP contribution in [0.3, 0.4) is 0 Å². The summed E-state index contributed by atoms with van der Waals surface area (Å²) in [6, 6.07) is 0. The Kier molecular flexibility index (Phi) is 5.75. The van der Waals surface area contributed by atoms with Crippen LogP contribution in [-0.2, 0) is 4.57 Å². The predicted molar refractivity (Wildman–Crippen MR) is 85.7 cm³/mol. The molecule has 1 nitrogen and oxygen atoms in total. The van der Waals surface area contributed by atoms with Crippen molar-refractivity contribution in [1.29, 1.82) is 0 Å². The molecule has 0 aliphatic heterocycles. The van der Waals surface area contributed by atoms with Crippen LogP contribution < -0.4 is 0 Å². The Morgan fingerprint density at radius 3 is 1.68 bits per heavy atom. The predicted octanol–water partition coefficient (Wildman–Crippen LogP) is 5.98. The van der Waals surface area contributed by atoms with E-state index in [2.05, 4.69) is 19.9 Å². The van der Waals surface area contributed by atoms with E-state index in [-0.39, 0.29) is 0 Å². The second-order valence-electron chi connectivity index (χ2n) is 6.90. The zero-order valence-electron chi connectivity index (χ0n) is 12.9. The number of rotatable bonds is 4. The minimum Gasteiger partial charge on any atom is -0.323 e. The van der Waals surface area contributed by atoms with E-state index in [1.54, 1.807) is 0 Å². The van der Waals surface area contributed by atoms with Gasteiger partial charge in [-0.15, -0.1) is 0 Å². The van der Waals surface area contributed by atoms with Gasteiger partial charge < -0.3 is 4.57 Å². The van der Waals surface area contributed by atoms with E-state index < -0.39 is 7.14 Å². The average molecular weight is 282 g/mol. The Balaban J connectivity index is 2.14. The van der Waals surface area contributed by atoms with Gasteiger partial charge in [-0.3, -0.25) is 0 Å². The quantitative estimate of drug-likeness (QED) is 0.458. The van der Waals surface area contributed by atoms with Crippen molar-refractivity contribution in [2.24, 2.45) is 0 Å². The molecule has 0 aromatic heterocycles. The van der Waals surface area contributed by atoms with Crippen molar-refractivity contribution in [1.82, 2.24) is 0 Å². The van der Waals surface area contributed by atoms with Gasteiger partial charge in [0.2, 0.25) is 0 Å². The lowest BCUT2D eigenvalue weighted by Crippen LogP contribution is -2.24. The molecule has 2 fully saturated rings. The first kappa shape index (κ1) is 15.4. The van der Waals surface area contributed by atoms with E-state index in [9.17, 15) is 4.57 Å². The molecule has 19 heavy (non-hydrogen) atoms. The van der Waals surface area contributed by atoms with E-state index in [0.29, 0.717) is 11.3 Å². The SMILES string of the molecule is CC(C)=CCP(=O)(C1CCCCC1)C1CCCCC1. The third-order valence-electron chi connectivity index (χ3n) is 5.17. The average Bonchev–Trinajstić information content (AvgIpc) is 2.46. The van der Waals surface area contributed by atoms with Crippen molar-refractivity contribution in [3.05, 3.63) is 11.6 Å². The van der Waals surface area contributed by atoms with Gasteiger partial charge in [-0.25, -0.2) is 0 Å². The van der Waals surface area contributed by atoms with Crippen LogP contribution in [0, 0.1) is 0 Å². The summed E-state index contributed by atoms with van der Waals surface area (Å²) < 4.78 is 13.8. The molecule has 2 aliphatic carbocycles. The molecule has 2 rings (SSSR count). The van der Waals surface area contributed by atoms with Crippen molar-refractivity contribution in [3.8, 4) is 0 Å². The van der Waals surface area contributed by atoms with Crippen LogP contribution in [0.2, 0.25) is 0 Å². The minimum absolute atomic E-state index is 0.556. The number of allylic oxidation sites excluding steroid dienone is 2. The third kappa shape index (κ3) is 3.97. The lowest BCUT2D eigenvalue weighted by atomic mass is 9.99. The van der Waals surface area contributed by atoms with Crippen LogP contribution >= 0.6 is 7.14 Å². The molecular weight excluding hydrogens is 251 g/mol. The topological polar surface area (TPSA) is 17.1 Å². The summed E-state index contributed by atoms with van der Waals surface area (Å²) in [5, 5.41) is 0. The first-order chi connectivity index (χ1) is 9.13. The molecule has 0 heterocycles. The second-order valence-corrected chi connectivity index (χ2v) is 10.4. The van der Waals surface area contributed by atoms with Crippen LogP contribution in [-0.4, -0.2) is 17.5 Å². The second kappa shape index (κ2) is 7.11. The highest BCUT2D eigenvalue weighted by molar-refractivity contribution is 7.65. The van der Waals surface area contributed by atoms with E-state index in [1.807, 2.05) is 0 Å². The summed E-state index contributed by atoms with van der Waals surface area (Å²) in [5.74, 6) is 0. The van der Waals surface area contributed by atoms with Gasteiger partial charge in [-0.1, -0.05) is 50.2 Å². The van der Waals surface area contributed by atoms with E-state index in [0.717, 1.165) is 6.16 Å². The normalized spacial score (nSPS) is 23.3. The van der Waals surface area contributed by atoms with Gasteiger partial charge in [0, 0.05) is 17.5 Å². The zero-order valence-corrected chi connectivity index (χ0v) is 13.8. The monoisotopic (exact) mass is 282 g/mol. The van der Waals surface area contributed by atoms with Crippen molar-refractivity contribution >= 4 is 7.14 Å². The van der Waals surface area contributed by atoms with Crippen LogP contribution in [0.15, 0.2) is 11.6 Å². The molecule has 2 heteroatoms. The Morgan fingerprint density at radius 1 is 0.895 bits per heavy atom. The highest BCUT2D eigenvalue weighted by Gasteiger charge is 2.39. The Morgan fingerprint density at radius 2 is 1.32 bits per heavy atom. The van der Waals surface area contributed by atoms with Crippen LogP contribution in [0.1, 0.15) is 78.1 Å². The lowest BCUT2D eigenvalue weighted by Gasteiger charge is -2.38. The molecule has 0 aromatic carbocycles. The minimum atomic E-state index is -2.00. The van der Waals surface area contributed by atoms with Gasteiger partial charge in [0.1, 0.15) is 0 Å².